The number of anilines is 1. The Morgan fingerprint density at radius 1 is 1.12 bits per heavy atom. The Hall–Kier alpha value is -3.48. The molecule has 3 rings (SSSR count). The minimum atomic E-state index is -0.500. The molecule has 25 heavy (non-hydrogen) atoms. The van der Waals surface area contributed by atoms with Gasteiger partial charge in [-0.15, -0.1) is 0 Å². The average molecular weight is 336 g/mol. The molecule has 126 valence electrons. The van der Waals surface area contributed by atoms with Crippen LogP contribution in [0, 0.1) is 24.0 Å². The third-order valence-electron chi connectivity index (χ3n) is 3.70. The zero-order valence-corrected chi connectivity index (χ0v) is 13.8. The van der Waals surface area contributed by atoms with E-state index in [1.807, 2.05) is 38.1 Å². The molecule has 2 aromatic carbocycles. The monoisotopic (exact) mass is 336 g/mol. The molecule has 1 N–H and O–H groups in total. The van der Waals surface area contributed by atoms with Crippen molar-refractivity contribution in [2.24, 2.45) is 0 Å². The molecule has 0 aliphatic carbocycles. The van der Waals surface area contributed by atoms with Gasteiger partial charge < -0.3 is 5.32 Å². The van der Waals surface area contributed by atoms with E-state index in [1.165, 1.54) is 24.3 Å². The molecule has 1 aromatic heterocycles. The first kappa shape index (κ1) is 16.4. The third-order valence-corrected chi connectivity index (χ3v) is 3.70. The van der Waals surface area contributed by atoms with Crippen molar-refractivity contribution in [3.05, 3.63) is 81.7 Å². The van der Waals surface area contributed by atoms with E-state index in [4.69, 9.17) is 0 Å². The standard InChI is InChI=1S/C18H16N4O3/c1-12-10-13(2)21(20-12)17-5-3-4-15(11-17)19-18(23)14-6-8-16(9-7-14)22(24)25/h3-11H,1-2H3,(H,19,23). The summed E-state index contributed by atoms with van der Waals surface area (Å²) in [6.07, 6.45) is 0. The molecule has 0 unspecified atom stereocenters. The lowest BCUT2D eigenvalue weighted by atomic mass is 10.2. The predicted octanol–water partition coefficient (Wildman–Crippen LogP) is 3.65. The Bertz CT molecular complexity index is 945. The molecule has 0 bridgehead atoms. The molecule has 0 aliphatic heterocycles. The van der Waals surface area contributed by atoms with Gasteiger partial charge in [0.15, 0.2) is 0 Å². The first-order valence-corrected chi connectivity index (χ1v) is 7.63. The number of rotatable bonds is 4. The largest absolute Gasteiger partial charge is 0.322 e. The van der Waals surface area contributed by atoms with E-state index in [-0.39, 0.29) is 11.6 Å². The molecule has 0 saturated heterocycles. The zero-order chi connectivity index (χ0) is 18.0. The van der Waals surface area contributed by atoms with Gasteiger partial charge in [-0.05, 0) is 50.2 Å². The second-order valence-electron chi connectivity index (χ2n) is 5.65. The van der Waals surface area contributed by atoms with Crippen LogP contribution >= 0.6 is 0 Å². The first-order valence-electron chi connectivity index (χ1n) is 7.63. The van der Waals surface area contributed by atoms with Crippen molar-refractivity contribution in [3.8, 4) is 5.69 Å². The molecular weight excluding hydrogens is 320 g/mol. The predicted molar refractivity (Wildman–Crippen MR) is 94.1 cm³/mol. The van der Waals surface area contributed by atoms with Gasteiger partial charge in [0.1, 0.15) is 0 Å². The van der Waals surface area contributed by atoms with E-state index in [2.05, 4.69) is 10.4 Å². The summed E-state index contributed by atoms with van der Waals surface area (Å²) in [6, 6.07) is 14.8. The third kappa shape index (κ3) is 3.55. The lowest BCUT2D eigenvalue weighted by Gasteiger charge is -2.09. The van der Waals surface area contributed by atoms with Gasteiger partial charge in [-0.2, -0.15) is 5.10 Å². The van der Waals surface area contributed by atoms with Crippen molar-refractivity contribution < 1.29 is 9.72 Å². The van der Waals surface area contributed by atoms with Crippen LogP contribution in [0.4, 0.5) is 11.4 Å². The Kier molecular flexibility index (Phi) is 4.30. The van der Waals surface area contributed by atoms with E-state index >= 15 is 0 Å². The quantitative estimate of drug-likeness (QED) is 0.581. The lowest BCUT2D eigenvalue weighted by molar-refractivity contribution is -0.384. The molecule has 0 atom stereocenters. The zero-order valence-electron chi connectivity index (χ0n) is 13.8. The molecular formula is C18H16N4O3. The van der Waals surface area contributed by atoms with Crippen LogP contribution in [0.5, 0.6) is 0 Å². The number of amides is 1. The highest BCUT2D eigenvalue weighted by atomic mass is 16.6. The molecule has 7 heteroatoms. The summed E-state index contributed by atoms with van der Waals surface area (Å²) in [5, 5.41) is 17.9. The number of nitro groups is 1. The highest BCUT2D eigenvalue weighted by Gasteiger charge is 2.11. The van der Waals surface area contributed by atoms with E-state index in [9.17, 15) is 14.9 Å². The summed E-state index contributed by atoms with van der Waals surface area (Å²) in [4.78, 5) is 22.5. The maximum atomic E-state index is 12.3. The molecule has 7 nitrogen and oxygen atoms in total. The fourth-order valence-corrected chi connectivity index (χ4v) is 2.54. The van der Waals surface area contributed by atoms with Gasteiger partial charge in [-0.3, -0.25) is 14.9 Å². The van der Waals surface area contributed by atoms with Crippen molar-refractivity contribution in [1.82, 2.24) is 9.78 Å². The highest BCUT2D eigenvalue weighted by molar-refractivity contribution is 6.04. The van der Waals surface area contributed by atoms with Gasteiger partial charge in [0, 0.05) is 29.1 Å². The summed E-state index contributed by atoms with van der Waals surface area (Å²) in [7, 11) is 0. The minimum absolute atomic E-state index is 0.0527. The molecule has 0 radical (unpaired) electrons. The number of aromatic nitrogens is 2. The van der Waals surface area contributed by atoms with Gasteiger partial charge in [0.2, 0.25) is 0 Å². The van der Waals surface area contributed by atoms with Crippen LogP contribution in [-0.4, -0.2) is 20.6 Å². The van der Waals surface area contributed by atoms with Crippen LogP contribution in [0.2, 0.25) is 0 Å². The molecule has 0 saturated carbocycles. The molecule has 0 spiro atoms. The number of hydrogen-bond acceptors (Lipinski definition) is 4. The Morgan fingerprint density at radius 3 is 2.44 bits per heavy atom. The molecule has 0 aliphatic rings. The Morgan fingerprint density at radius 2 is 1.84 bits per heavy atom. The summed E-state index contributed by atoms with van der Waals surface area (Å²) in [5.74, 6) is -0.333. The number of carbonyl (C=O) groups is 1. The number of aryl methyl sites for hydroxylation is 2. The summed E-state index contributed by atoms with van der Waals surface area (Å²) in [6.45, 7) is 3.88. The number of nitrogens with zero attached hydrogens (tertiary/aromatic N) is 3. The van der Waals surface area contributed by atoms with E-state index in [0.717, 1.165) is 17.1 Å². The number of non-ortho nitro benzene ring substituents is 1. The second kappa shape index (κ2) is 6.56. The van der Waals surface area contributed by atoms with Crippen molar-refractivity contribution >= 4 is 17.3 Å². The van der Waals surface area contributed by atoms with Crippen LogP contribution < -0.4 is 5.32 Å². The van der Waals surface area contributed by atoms with E-state index in [0.29, 0.717) is 11.3 Å². The van der Waals surface area contributed by atoms with Gasteiger partial charge in [-0.1, -0.05) is 6.07 Å². The topological polar surface area (TPSA) is 90.1 Å². The normalized spacial score (nSPS) is 10.5. The van der Waals surface area contributed by atoms with Crippen LogP contribution in [0.3, 0.4) is 0 Å². The van der Waals surface area contributed by atoms with Gasteiger partial charge >= 0.3 is 0 Å². The molecule has 1 amide bonds. The van der Waals surface area contributed by atoms with Crippen molar-refractivity contribution in [3.63, 3.8) is 0 Å². The molecule has 3 aromatic rings. The minimum Gasteiger partial charge on any atom is -0.322 e. The van der Waals surface area contributed by atoms with E-state index in [1.54, 1.807) is 10.7 Å². The Balaban J connectivity index is 1.81. The number of nitro benzene ring substituents is 1. The second-order valence-corrected chi connectivity index (χ2v) is 5.65. The number of hydrogen-bond donors (Lipinski definition) is 1. The van der Waals surface area contributed by atoms with Crippen LogP contribution in [0.15, 0.2) is 54.6 Å². The summed E-state index contributed by atoms with van der Waals surface area (Å²) >= 11 is 0. The lowest BCUT2D eigenvalue weighted by Crippen LogP contribution is -2.12. The van der Waals surface area contributed by atoms with E-state index < -0.39 is 4.92 Å². The van der Waals surface area contributed by atoms with Crippen LogP contribution in [-0.2, 0) is 0 Å². The van der Waals surface area contributed by atoms with Crippen molar-refractivity contribution in [1.29, 1.82) is 0 Å². The molecule has 0 fully saturated rings. The Labute approximate surface area is 144 Å². The van der Waals surface area contributed by atoms with Gasteiger partial charge in [0.25, 0.3) is 11.6 Å². The maximum Gasteiger partial charge on any atom is 0.269 e. The van der Waals surface area contributed by atoms with Gasteiger partial charge in [-0.25, -0.2) is 4.68 Å². The van der Waals surface area contributed by atoms with Gasteiger partial charge in [0.05, 0.1) is 16.3 Å². The van der Waals surface area contributed by atoms with Crippen molar-refractivity contribution in [2.45, 2.75) is 13.8 Å². The smallest absolute Gasteiger partial charge is 0.269 e. The van der Waals surface area contributed by atoms with Crippen LogP contribution in [0.25, 0.3) is 5.69 Å². The molecule has 1 heterocycles. The average Bonchev–Trinajstić information content (AvgIpc) is 2.93. The summed E-state index contributed by atoms with van der Waals surface area (Å²) < 4.78 is 1.80. The number of carbonyl (C=O) groups excluding carboxylic acids is 1. The maximum absolute atomic E-state index is 12.3. The fraction of sp³-hybridized carbons (Fsp3) is 0.111. The summed E-state index contributed by atoms with van der Waals surface area (Å²) in [5.41, 5.74) is 3.67. The number of benzene rings is 2. The SMILES string of the molecule is Cc1cc(C)n(-c2cccc(NC(=O)c3ccc([N+](=O)[O-])cc3)c2)n1. The number of nitrogens with one attached hydrogen (secondary N) is 1. The van der Waals surface area contributed by atoms with Crippen molar-refractivity contribution in [2.75, 3.05) is 5.32 Å². The fourth-order valence-electron chi connectivity index (χ4n) is 2.54. The first-order chi connectivity index (χ1) is 11.9. The highest BCUT2D eigenvalue weighted by Crippen LogP contribution is 2.18. The van der Waals surface area contributed by atoms with Crippen LogP contribution in [0.1, 0.15) is 21.7 Å².